The Morgan fingerprint density at radius 1 is 1.46 bits per heavy atom. The number of esters is 1. The average molecular weight is 186 g/mol. The Balaban J connectivity index is 2.27. The Hall–Kier alpha value is -0.610. The second-order valence-electron chi connectivity index (χ2n) is 4.57. The molecule has 1 aliphatic carbocycles. The summed E-state index contributed by atoms with van der Waals surface area (Å²) < 4.78 is 5.23. The van der Waals surface area contributed by atoms with E-state index in [9.17, 15) is 4.79 Å². The molecule has 4 nitrogen and oxygen atoms in total. The highest BCUT2D eigenvalue weighted by Gasteiger charge is 2.36. The van der Waals surface area contributed by atoms with Crippen molar-refractivity contribution < 1.29 is 9.53 Å². The molecule has 0 aromatic rings. The average Bonchev–Trinajstić information content (AvgIpc) is 1.79. The molecule has 1 fully saturated rings. The molecule has 0 radical (unpaired) electrons. The maximum Gasteiger partial charge on any atom is 0.309 e. The maximum absolute atomic E-state index is 11.4. The first kappa shape index (κ1) is 10.5. The molecule has 0 amide bonds. The van der Waals surface area contributed by atoms with Crippen molar-refractivity contribution in [1.29, 1.82) is 0 Å². The molecule has 0 unspecified atom stereocenters. The number of carbonyl (C=O) groups excluding carboxylic acids is 1. The predicted octanol–water partition coefficient (Wildman–Crippen LogP) is 0.570. The van der Waals surface area contributed by atoms with Crippen LogP contribution in [0.5, 0.6) is 0 Å². The predicted molar refractivity (Wildman–Crippen MR) is 49.7 cm³/mol. The first-order valence-corrected chi connectivity index (χ1v) is 4.61. The van der Waals surface area contributed by atoms with E-state index in [1.165, 1.54) is 0 Å². The molecule has 3 N–H and O–H groups in total. The lowest BCUT2D eigenvalue weighted by Crippen LogP contribution is -2.48. The van der Waals surface area contributed by atoms with Crippen molar-refractivity contribution in [3.63, 3.8) is 0 Å². The van der Waals surface area contributed by atoms with Crippen LogP contribution in [0, 0.1) is 5.92 Å². The van der Waals surface area contributed by atoms with Crippen molar-refractivity contribution >= 4 is 5.97 Å². The van der Waals surface area contributed by atoms with Crippen LogP contribution in [0.3, 0.4) is 0 Å². The van der Waals surface area contributed by atoms with Crippen LogP contribution in [0.15, 0.2) is 0 Å². The van der Waals surface area contributed by atoms with Gasteiger partial charge in [0.05, 0.1) is 5.92 Å². The Morgan fingerprint density at radius 2 is 2.00 bits per heavy atom. The minimum Gasteiger partial charge on any atom is -0.460 e. The second-order valence-corrected chi connectivity index (χ2v) is 4.57. The van der Waals surface area contributed by atoms with Gasteiger partial charge in [0.15, 0.2) is 0 Å². The van der Waals surface area contributed by atoms with E-state index in [1.54, 1.807) is 0 Å². The van der Waals surface area contributed by atoms with Crippen molar-refractivity contribution in [3.05, 3.63) is 0 Å². The van der Waals surface area contributed by atoms with Crippen LogP contribution in [-0.4, -0.2) is 17.6 Å². The molecule has 0 aliphatic heterocycles. The Bertz CT molecular complexity index is 192. The number of hydrogen-bond donors (Lipinski definition) is 2. The monoisotopic (exact) mass is 186 g/mol. The van der Waals surface area contributed by atoms with Crippen molar-refractivity contribution in [2.24, 2.45) is 11.8 Å². The van der Waals surface area contributed by atoms with E-state index in [0.29, 0.717) is 0 Å². The van der Waals surface area contributed by atoms with Gasteiger partial charge in [0, 0.05) is 6.04 Å². The number of carbonyl (C=O) groups is 1. The lowest BCUT2D eigenvalue weighted by atomic mass is 9.80. The summed E-state index contributed by atoms with van der Waals surface area (Å²) in [6.45, 7) is 5.63. The normalized spacial score (nSPS) is 28.0. The third-order valence-electron chi connectivity index (χ3n) is 2.11. The van der Waals surface area contributed by atoms with Crippen LogP contribution in [0.1, 0.15) is 33.6 Å². The van der Waals surface area contributed by atoms with E-state index in [1.807, 2.05) is 20.8 Å². The van der Waals surface area contributed by atoms with Gasteiger partial charge in [0.25, 0.3) is 0 Å². The fourth-order valence-corrected chi connectivity index (χ4v) is 1.33. The molecular formula is C9H18N2O2. The lowest BCUT2D eigenvalue weighted by Gasteiger charge is -2.34. The molecule has 0 atom stereocenters. The van der Waals surface area contributed by atoms with Gasteiger partial charge in [0.2, 0.25) is 0 Å². The summed E-state index contributed by atoms with van der Waals surface area (Å²) in [5.41, 5.74) is 2.26. The first-order valence-electron chi connectivity index (χ1n) is 4.61. The van der Waals surface area contributed by atoms with Gasteiger partial charge in [-0.15, -0.1) is 0 Å². The molecule has 4 heteroatoms. The molecule has 76 valence electrons. The summed E-state index contributed by atoms with van der Waals surface area (Å²) in [6, 6.07) is 0.289. The SMILES string of the molecule is CC(C)(C)OC(=O)C1CC(NN)C1. The zero-order valence-electron chi connectivity index (χ0n) is 8.46. The molecule has 0 spiro atoms. The van der Waals surface area contributed by atoms with Gasteiger partial charge in [-0.2, -0.15) is 0 Å². The van der Waals surface area contributed by atoms with Gasteiger partial charge in [-0.3, -0.25) is 16.1 Å². The molecule has 1 rings (SSSR count). The molecule has 0 saturated heterocycles. The summed E-state index contributed by atoms with van der Waals surface area (Å²) in [6.07, 6.45) is 1.59. The smallest absolute Gasteiger partial charge is 0.309 e. The van der Waals surface area contributed by atoms with E-state index in [4.69, 9.17) is 10.6 Å². The molecular weight excluding hydrogens is 168 g/mol. The Labute approximate surface area is 78.8 Å². The highest BCUT2D eigenvalue weighted by molar-refractivity contribution is 5.74. The number of nitrogens with two attached hydrogens (primary N) is 1. The molecule has 1 saturated carbocycles. The van der Waals surface area contributed by atoms with Gasteiger partial charge in [0.1, 0.15) is 5.60 Å². The van der Waals surface area contributed by atoms with E-state index < -0.39 is 0 Å². The standard InChI is InChI=1S/C9H18N2O2/c1-9(2,3)13-8(12)6-4-7(5-6)11-10/h6-7,11H,4-5,10H2,1-3H3. The summed E-state index contributed by atoms with van der Waals surface area (Å²) >= 11 is 0. The summed E-state index contributed by atoms with van der Waals surface area (Å²) in [7, 11) is 0. The number of rotatable bonds is 2. The largest absolute Gasteiger partial charge is 0.460 e. The fraction of sp³-hybridized carbons (Fsp3) is 0.889. The highest BCUT2D eigenvalue weighted by atomic mass is 16.6. The quantitative estimate of drug-likeness (QED) is 0.376. The van der Waals surface area contributed by atoms with Crippen LogP contribution in [0.4, 0.5) is 0 Å². The Kier molecular flexibility index (Phi) is 2.93. The van der Waals surface area contributed by atoms with Crippen LogP contribution in [0.2, 0.25) is 0 Å². The number of nitrogens with one attached hydrogen (secondary N) is 1. The first-order chi connectivity index (χ1) is 5.92. The summed E-state index contributed by atoms with van der Waals surface area (Å²) in [5.74, 6) is 5.17. The van der Waals surface area contributed by atoms with E-state index in [-0.39, 0.29) is 23.5 Å². The van der Waals surface area contributed by atoms with Gasteiger partial charge >= 0.3 is 5.97 Å². The minimum atomic E-state index is -0.377. The minimum absolute atomic E-state index is 0.0419. The zero-order valence-corrected chi connectivity index (χ0v) is 8.46. The molecule has 0 bridgehead atoms. The zero-order chi connectivity index (χ0) is 10.1. The van der Waals surface area contributed by atoms with E-state index >= 15 is 0 Å². The lowest BCUT2D eigenvalue weighted by molar-refractivity contribution is -0.163. The van der Waals surface area contributed by atoms with Crippen LogP contribution in [-0.2, 0) is 9.53 Å². The third kappa shape index (κ3) is 2.97. The van der Waals surface area contributed by atoms with Gasteiger partial charge < -0.3 is 4.74 Å². The van der Waals surface area contributed by atoms with Crippen LogP contribution in [0.25, 0.3) is 0 Å². The second kappa shape index (κ2) is 3.64. The number of hydrazine groups is 1. The van der Waals surface area contributed by atoms with Crippen molar-refractivity contribution in [3.8, 4) is 0 Å². The Morgan fingerprint density at radius 3 is 2.38 bits per heavy atom. The summed E-state index contributed by atoms with van der Waals surface area (Å²) in [4.78, 5) is 11.4. The van der Waals surface area contributed by atoms with Crippen LogP contribution < -0.4 is 11.3 Å². The maximum atomic E-state index is 11.4. The summed E-state index contributed by atoms with van der Waals surface area (Å²) in [5, 5.41) is 0. The van der Waals surface area contributed by atoms with E-state index in [2.05, 4.69) is 5.43 Å². The van der Waals surface area contributed by atoms with Gasteiger partial charge in [-0.1, -0.05) is 0 Å². The molecule has 0 aromatic heterocycles. The topological polar surface area (TPSA) is 64.3 Å². The fourth-order valence-electron chi connectivity index (χ4n) is 1.33. The van der Waals surface area contributed by atoms with Gasteiger partial charge in [-0.25, -0.2) is 0 Å². The molecule has 0 aromatic carbocycles. The molecule has 0 heterocycles. The van der Waals surface area contributed by atoms with E-state index in [0.717, 1.165) is 12.8 Å². The molecule has 13 heavy (non-hydrogen) atoms. The van der Waals surface area contributed by atoms with Crippen molar-refractivity contribution in [1.82, 2.24) is 5.43 Å². The third-order valence-corrected chi connectivity index (χ3v) is 2.11. The van der Waals surface area contributed by atoms with Crippen molar-refractivity contribution in [2.75, 3.05) is 0 Å². The van der Waals surface area contributed by atoms with Crippen molar-refractivity contribution in [2.45, 2.75) is 45.3 Å². The number of ether oxygens (including phenoxy) is 1. The molecule has 1 aliphatic rings. The van der Waals surface area contributed by atoms with Crippen LogP contribution >= 0.6 is 0 Å². The van der Waals surface area contributed by atoms with Gasteiger partial charge in [-0.05, 0) is 33.6 Å². The number of hydrogen-bond acceptors (Lipinski definition) is 4. The highest BCUT2D eigenvalue weighted by Crippen LogP contribution is 2.29.